The van der Waals surface area contributed by atoms with Crippen LogP contribution in [0.5, 0.6) is 0 Å². The van der Waals surface area contributed by atoms with Crippen molar-refractivity contribution in [3.8, 4) is 0 Å². The number of hydrogen-bond donors (Lipinski definition) is 2. The summed E-state index contributed by atoms with van der Waals surface area (Å²) in [5, 5.41) is 9.68. The number of carbonyl (C=O) groups excluding carboxylic acids is 1. The third-order valence-corrected chi connectivity index (χ3v) is 5.76. The van der Waals surface area contributed by atoms with Crippen LogP contribution in [-0.2, 0) is 12.7 Å². The van der Waals surface area contributed by atoms with E-state index in [1.54, 1.807) is 12.1 Å². The molecule has 0 aromatic carbocycles. The molecule has 0 unspecified atom stereocenters. The van der Waals surface area contributed by atoms with Crippen LogP contribution in [-0.4, -0.2) is 43.6 Å². The van der Waals surface area contributed by atoms with Crippen molar-refractivity contribution in [3.63, 3.8) is 0 Å². The van der Waals surface area contributed by atoms with Crippen molar-refractivity contribution in [2.45, 2.75) is 56.9 Å². The highest BCUT2D eigenvalue weighted by molar-refractivity contribution is 6.32. The molecule has 0 saturated heterocycles. The van der Waals surface area contributed by atoms with E-state index in [1.807, 2.05) is 0 Å². The number of nitrogens with zero attached hydrogens (tertiary/aromatic N) is 4. The highest BCUT2D eigenvalue weighted by Gasteiger charge is 2.34. The van der Waals surface area contributed by atoms with Gasteiger partial charge in [-0.2, -0.15) is 18.3 Å². The van der Waals surface area contributed by atoms with Crippen molar-refractivity contribution in [1.29, 1.82) is 0 Å². The number of hydrogen-bond acceptors (Lipinski definition) is 4. The molecule has 0 bridgehead atoms. The van der Waals surface area contributed by atoms with Gasteiger partial charge in [-0.25, -0.2) is 13.8 Å². The number of rotatable bonds is 6. The number of alkyl halides is 5. The molecule has 1 aliphatic rings. The van der Waals surface area contributed by atoms with Gasteiger partial charge >= 0.3 is 6.18 Å². The van der Waals surface area contributed by atoms with Gasteiger partial charge in [-0.3, -0.25) is 13.9 Å². The number of imidazole rings is 1. The van der Waals surface area contributed by atoms with Crippen molar-refractivity contribution in [1.82, 2.24) is 24.5 Å². The third kappa shape index (κ3) is 5.37. The smallest absolute Gasteiger partial charge is 0.368 e. The average molecular weight is 491 g/mol. The Labute approximate surface area is 189 Å². The fraction of sp³-hybridized carbons (Fsp3) is 0.450. The molecule has 7 nitrogen and oxygen atoms in total. The predicted molar refractivity (Wildman–Crippen MR) is 111 cm³/mol. The third-order valence-electron chi connectivity index (χ3n) is 5.48. The Morgan fingerprint density at radius 3 is 2.52 bits per heavy atom. The van der Waals surface area contributed by atoms with Crippen LogP contribution in [0, 0.1) is 0 Å². The van der Waals surface area contributed by atoms with Gasteiger partial charge in [0, 0.05) is 24.5 Å². The van der Waals surface area contributed by atoms with Gasteiger partial charge in [0.1, 0.15) is 18.0 Å². The number of halogens is 6. The molecule has 0 radical (unpaired) electrons. The van der Waals surface area contributed by atoms with Gasteiger partial charge in [0.15, 0.2) is 10.8 Å². The van der Waals surface area contributed by atoms with E-state index in [1.165, 1.54) is 16.7 Å². The Bertz CT molecular complexity index is 1140. The zero-order valence-corrected chi connectivity index (χ0v) is 17.9. The minimum absolute atomic E-state index is 0.00197. The van der Waals surface area contributed by atoms with Crippen LogP contribution in [0.15, 0.2) is 30.6 Å². The summed E-state index contributed by atoms with van der Waals surface area (Å²) in [6.45, 7) is -0.655. The second-order valence-electron chi connectivity index (χ2n) is 7.88. The van der Waals surface area contributed by atoms with Crippen molar-refractivity contribution < 1.29 is 26.7 Å². The van der Waals surface area contributed by atoms with Gasteiger partial charge in [0.2, 0.25) is 0 Å². The lowest BCUT2D eigenvalue weighted by Gasteiger charge is -2.30. The average Bonchev–Trinajstić information content (AvgIpc) is 3.33. The summed E-state index contributed by atoms with van der Waals surface area (Å²) >= 11 is 5.91. The molecule has 0 aliphatic heterocycles. The SMILES string of the molecule is O=C(N[C@H]1CC[C@@H](Nc2cccc3nc(C(F)(F)F)cn23)CC1)c1cn(CC(F)F)nc1Cl. The van der Waals surface area contributed by atoms with Gasteiger partial charge in [-0.15, -0.1) is 0 Å². The fourth-order valence-electron chi connectivity index (χ4n) is 3.90. The highest BCUT2D eigenvalue weighted by Crippen LogP contribution is 2.30. The highest BCUT2D eigenvalue weighted by atomic mass is 35.5. The van der Waals surface area contributed by atoms with E-state index in [4.69, 9.17) is 11.6 Å². The van der Waals surface area contributed by atoms with E-state index in [-0.39, 0.29) is 28.4 Å². The van der Waals surface area contributed by atoms with Crippen molar-refractivity contribution in [2.75, 3.05) is 5.32 Å². The molecular formula is C20H20ClF5N6O. The number of fused-ring (bicyclic) bond motifs is 1. The molecule has 178 valence electrons. The Kier molecular flexibility index (Phi) is 6.46. The maximum atomic E-state index is 13.0. The molecule has 1 fully saturated rings. The largest absolute Gasteiger partial charge is 0.434 e. The molecule has 1 saturated carbocycles. The standard InChI is InChI=1S/C20H20ClF5N6O/c21-18-13(8-31(30-18)10-15(22)23)19(33)28-12-6-4-11(5-7-12)27-16-2-1-3-17-29-14(9-32(16)17)20(24,25)26/h1-3,8-9,11-12,15,27H,4-7,10H2,(H,28,33)/t11-,12+. The summed E-state index contributed by atoms with van der Waals surface area (Å²) in [7, 11) is 0. The normalized spacial score (nSPS) is 19.2. The van der Waals surface area contributed by atoms with Gasteiger partial charge < -0.3 is 10.6 Å². The first-order valence-electron chi connectivity index (χ1n) is 10.2. The number of amides is 1. The molecule has 33 heavy (non-hydrogen) atoms. The maximum absolute atomic E-state index is 13.0. The van der Waals surface area contributed by atoms with Crippen molar-refractivity contribution >= 4 is 29.0 Å². The summed E-state index contributed by atoms with van der Waals surface area (Å²) < 4.78 is 66.3. The lowest BCUT2D eigenvalue weighted by molar-refractivity contribution is -0.140. The maximum Gasteiger partial charge on any atom is 0.434 e. The van der Waals surface area contributed by atoms with E-state index >= 15 is 0 Å². The quantitative estimate of drug-likeness (QED) is 0.494. The molecule has 3 aromatic rings. The van der Waals surface area contributed by atoms with Crippen LogP contribution in [0.3, 0.4) is 0 Å². The first-order valence-corrected chi connectivity index (χ1v) is 10.6. The summed E-state index contributed by atoms with van der Waals surface area (Å²) in [6, 6.07) is 4.67. The lowest BCUT2D eigenvalue weighted by Crippen LogP contribution is -2.40. The van der Waals surface area contributed by atoms with E-state index in [0.29, 0.717) is 31.5 Å². The number of anilines is 1. The number of aromatic nitrogens is 4. The van der Waals surface area contributed by atoms with Crippen LogP contribution in [0.1, 0.15) is 41.7 Å². The minimum atomic E-state index is -4.53. The zero-order valence-electron chi connectivity index (χ0n) is 17.1. The monoisotopic (exact) mass is 490 g/mol. The van der Waals surface area contributed by atoms with Crippen LogP contribution in [0.4, 0.5) is 27.8 Å². The first-order chi connectivity index (χ1) is 15.6. The molecule has 4 rings (SSSR count). The molecule has 1 amide bonds. The van der Waals surface area contributed by atoms with Crippen LogP contribution < -0.4 is 10.6 Å². The minimum Gasteiger partial charge on any atom is -0.368 e. The van der Waals surface area contributed by atoms with Crippen molar-refractivity contribution in [2.24, 2.45) is 0 Å². The molecule has 0 spiro atoms. The Hall–Kier alpha value is -2.89. The molecule has 0 atom stereocenters. The number of nitrogens with one attached hydrogen (secondary N) is 2. The molecule has 2 N–H and O–H groups in total. The van der Waals surface area contributed by atoms with Gasteiger partial charge in [-0.1, -0.05) is 17.7 Å². The summed E-state index contributed by atoms with van der Waals surface area (Å²) in [4.78, 5) is 16.1. The lowest BCUT2D eigenvalue weighted by atomic mass is 9.91. The second kappa shape index (κ2) is 9.16. The first kappa shape index (κ1) is 23.3. The molecule has 3 heterocycles. The van der Waals surface area contributed by atoms with E-state index in [9.17, 15) is 26.7 Å². The van der Waals surface area contributed by atoms with Crippen LogP contribution in [0.2, 0.25) is 5.15 Å². The van der Waals surface area contributed by atoms with E-state index in [0.717, 1.165) is 10.9 Å². The van der Waals surface area contributed by atoms with Crippen molar-refractivity contribution in [3.05, 3.63) is 47.0 Å². The Morgan fingerprint density at radius 1 is 1.15 bits per heavy atom. The van der Waals surface area contributed by atoms with Crippen LogP contribution >= 0.6 is 11.6 Å². The second-order valence-corrected chi connectivity index (χ2v) is 8.23. The molecule has 3 aromatic heterocycles. The van der Waals surface area contributed by atoms with Gasteiger partial charge in [-0.05, 0) is 37.8 Å². The molecule has 1 aliphatic carbocycles. The topological polar surface area (TPSA) is 76.2 Å². The predicted octanol–water partition coefficient (Wildman–Crippen LogP) is 4.62. The summed E-state index contributed by atoms with van der Waals surface area (Å²) in [5.41, 5.74) is -0.735. The Morgan fingerprint density at radius 2 is 1.85 bits per heavy atom. The van der Waals surface area contributed by atoms with E-state index < -0.39 is 30.7 Å². The number of carbonyl (C=O) groups is 1. The summed E-state index contributed by atoms with van der Waals surface area (Å²) in [6.07, 6.45) is -2.41. The number of pyridine rings is 1. The molecular weight excluding hydrogens is 471 g/mol. The molecule has 13 heteroatoms. The summed E-state index contributed by atoms with van der Waals surface area (Å²) in [5.74, 6) is 0.0148. The Balaban J connectivity index is 1.35. The van der Waals surface area contributed by atoms with Crippen LogP contribution in [0.25, 0.3) is 5.65 Å². The fourth-order valence-corrected chi connectivity index (χ4v) is 4.14. The van der Waals surface area contributed by atoms with Gasteiger partial charge in [0.05, 0.1) is 5.56 Å². The van der Waals surface area contributed by atoms with Gasteiger partial charge in [0.25, 0.3) is 12.3 Å². The van der Waals surface area contributed by atoms with E-state index in [2.05, 4.69) is 20.7 Å². The zero-order chi connectivity index (χ0) is 23.8.